The van der Waals surface area contributed by atoms with E-state index in [1.54, 1.807) is 6.26 Å². The van der Waals surface area contributed by atoms with Crippen molar-refractivity contribution in [1.82, 2.24) is 0 Å². The number of fused-ring (bicyclic) bond motifs is 2. The van der Waals surface area contributed by atoms with Crippen LogP contribution < -0.4 is 20.1 Å². The second-order valence-corrected chi connectivity index (χ2v) is 10.6. The van der Waals surface area contributed by atoms with Crippen molar-refractivity contribution in [1.29, 1.82) is 0 Å². The van der Waals surface area contributed by atoms with Gasteiger partial charge in [-0.1, -0.05) is 58.9 Å². The van der Waals surface area contributed by atoms with E-state index in [-0.39, 0.29) is 5.41 Å². The molecule has 3 heteroatoms. The monoisotopic (exact) mass is 448 g/mol. The molecule has 3 nitrogen and oxygen atoms in total. The van der Waals surface area contributed by atoms with Gasteiger partial charge in [-0.25, -0.2) is 0 Å². The van der Waals surface area contributed by atoms with Crippen LogP contribution in [0.25, 0.3) is 44.8 Å². The van der Waals surface area contributed by atoms with Crippen LogP contribution in [0.5, 0.6) is 0 Å². The molecule has 0 radical (unpaired) electrons. The maximum atomic E-state index is 5.78. The molecule has 2 aromatic carbocycles. The quantitative estimate of drug-likeness (QED) is 0.383. The van der Waals surface area contributed by atoms with Gasteiger partial charge in [-0.15, -0.1) is 11.4 Å². The number of nitrogens with zero attached hydrogens (tertiary/aromatic N) is 2. The van der Waals surface area contributed by atoms with Gasteiger partial charge in [-0.3, -0.25) is 0 Å². The van der Waals surface area contributed by atoms with Gasteiger partial charge in [-0.2, -0.15) is 4.24 Å². The SMILES string of the molecule is C=[n+]1ccc(=C2C=c3occc3=C(CC(C)C)[N-]2)cc1-c1cc(C(C)(C)C)c2ccccc2c1. The molecule has 0 aliphatic carbocycles. The van der Waals surface area contributed by atoms with Crippen LogP contribution >= 0.6 is 0 Å². The van der Waals surface area contributed by atoms with Crippen LogP contribution in [0.4, 0.5) is 0 Å². The lowest BCUT2D eigenvalue weighted by atomic mass is 9.82. The first kappa shape index (κ1) is 22.2. The molecule has 0 unspecified atom stereocenters. The Balaban J connectivity index is 1.72. The van der Waals surface area contributed by atoms with E-state index < -0.39 is 0 Å². The normalized spacial score (nSPS) is 15.3. The van der Waals surface area contributed by atoms with Crippen molar-refractivity contribution >= 4 is 28.2 Å². The highest BCUT2D eigenvalue weighted by molar-refractivity contribution is 5.94. The van der Waals surface area contributed by atoms with Crippen LogP contribution in [0.15, 0.2) is 71.5 Å². The third-order valence-corrected chi connectivity index (χ3v) is 6.43. The third kappa shape index (κ3) is 4.07. The second kappa shape index (κ2) is 8.32. The number of aromatic nitrogens is 1. The molecular weight excluding hydrogens is 416 g/mol. The lowest BCUT2D eigenvalue weighted by molar-refractivity contribution is -0.486. The van der Waals surface area contributed by atoms with E-state index in [1.165, 1.54) is 16.3 Å². The number of benzene rings is 2. The number of hydrogen-bond donors (Lipinski definition) is 0. The molecule has 0 fully saturated rings. The van der Waals surface area contributed by atoms with E-state index in [1.807, 2.05) is 22.6 Å². The summed E-state index contributed by atoms with van der Waals surface area (Å²) in [6, 6.07) is 19.5. The zero-order valence-electron chi connectivity index (χ0n) is 20.7. The lowest BCUT2D eigenvalue weighted by Crippen LogP contribution is -2.28. The third-order valence-electron chi connectivity index (χ3n) is 6.43. The van der Waals surface area contributed by atoms with Gasteiger partial charge < -0.3 is 9.73 Å². The number of hydrogen-bond acceptors (Lipinski definition) is 1. The molecule has 1 aliphatic heterocycles. The van der Waals surface area contributed by atoms with Gasteiger partial charge in [-0.05, 0) is 63.6 Å². The molecule has 0 spiro atoms. The lowest BCUT2D eigenvalue weighted by Gasteiger charge is -2.30. The average molecular weight is 449 g/mol. The van der Waals surface area contributed by atoms with Crippen LogP contribution in [-0.4, -0.2) is 0 Å². The molecule has 2 aromatic heterocycles. The average Bonchev–Trinajstić information content (AvgIpc) is 3.27. The second-order valence-electron chi connectivity index (χ2n) is 10.6. The van der Waals surface area contributed by atoms with Crippen molar-refractivity contribution in [3.05, 3.63) is 101 Å². The minimum absolute atomic E-state index is 0.0247. The number of rotatable bonds is 3. The summed E-state index contributed by atoms with van der Waals surface area (Å²) >= 11 is 0. The van der Waals surface area contributed by atoms with Crippen molar-refractivity contribution in [3.63, 3.8) is 0 Å². The Kier molecular flexibility index (Phi) is 5.44. The fourth-order valence-electron chi connectivity index (χ4n) is 4.74. The van der Waals surface area contributed by atoms with Crippen molar-refractivity contribution in [2.24, 2.45) is 5.92 Å². The predicted octanol–water partition coefficient (Wildman–Crippen LogP) is 5.45. The summed E-state index contributed by atoms with van der Waals surface area (Å²) in [6.45, 7) is 15.5. The fourth-order valence-corrected chi connectivity index (χ4v) is 4.74. The van der Waals surface area contributed by atoms with Gasteiger partial charge in [0.1, 0.15) is 12.1 Å². The molecular formula is C31H32N2O. The highest BCUT2D eigenvalue weighted by atomic mass is 16.3. The van der Waals surface area contributed by atoms with E-state index in [4.69, 9.17) is 9.73 Å². The van der Waals surface area contributed by atoms with Crippen molar-refractivity contribution in [2.75, 3.05) is 0 Å². The number of pyridine rings is 1. The molecule has 3 heterocycles. The summed E-state index contributed by atoms with van der Waals surface area (Å²) in [5, 5.41) is 9.77. The summed E-state index contributed by atoms with van der Waals surface area (Å²) in [7, 11) is 0. The Morgan fingerprint density at radius 1 is 1.03 bits per heavy atom. The standard InChI is InChI=1S/C31H32N2O/c1-20(2)15-28-25-12-14-34-30(25)19-27(32-28)22-11-13-33(6)29(18-22)23-16-21-9-7-8-10-24(21)26(17-23)31(3,4)5/h7-14,16-20H,6,15H2,1-5H3. The van der Waals surface area contributed by atoms with Crippen LogP contribution in [0.3, 0.4) is 0 Å². The Bertz CT molecular complexity index is 1630. The van der Waals surface area contributed by atoms with Crippen molar-refractivity contribution in [2.45, 2.75) is 46.5 Å². The maximum absolute atomic E-state index is 5.78. The zero-order valence-corrected chi connectivity index (χ0v) is 20.7. The molecule has 0 amide bonds. The van der Waals surface area contributed by atoms with Gasteiger partial charge >= 0.3 is 0 Å². The topological polar surface area (TPSA) is 33.1 Å². The minimum Gasteiger partial charge on any atom is -0.660 e. The van der Waals surface area contributed by atoms with E-state index in [0.717, 1.165) is 44.9 Å². The van der Waals surface area contributed by atoms with Crippen LogP contribution in [-0.2, 0) is 5.41 Å². The molecule has 0 atom stereocenters. The first-order valence-corrected chi connectivity index (χ1v) is 12.0. The largest absolute Gasteiger partial charge is 0.660 e. The van der Waals surface area contributed by atoms with Crippen LogP contribution in [0.2, 0.25) is 0 Å². The molecule has 0 saturated carbocycles. The summed E-state index contributed by atoms with van der Waals surface area (Å²) in [4.78, 5) is 0. The van der Waals surface area contributed by atoms with E-state index >= 15 is 0 Å². The van der Waals surface area contributed by atoms with Crippen molar-refractivity contribution < 1.29 is 8.66 Å². The molecule has 0 saturated heterocycles. The fraction of sp³-hybridized carbons (Fsp3) is 0.258. The van der Waals surface area contributed by atoms with Crippen LogP contribution in [0, 0.1) is 12.6 Å². The molecule has 5 rings (SSSR count). The Morgan fingerprint density at radius 3 is 2.59 bits per heavy atom. The van der Waals surface area contributed by atoms with Crippen LogP contribution in [0.1, 0.15) is 46.6 Å². The first-order valence-electron chi connectivity index (χ1n) is 12.0. The van der Waals surface area contributed by atoms with E-state index in [0.29, 0.717) is 5.92 Å². The molecule has 0 bridgehead atoms. The van der Waals surface area contributed by atoms with Gasteiger partial charge in [0.25, 0.3) is 0 Å². The summed E-state index contributed by atoms with van der Waals surface area (Å²) in [5.74, 6) is 0.516. The molecule has 1 aliphatic rings. The summed E-state index contributed by atoms with van der Waals surface area (Å²) in [5.41, 5.74) is 6.47. The minimum atomic E-state index is 0.0247. The molecule has 4 aromatic rings. The van der Waals surface area contributed by atoms with Crippen molar-refractivity contribution in [3.8, 4) is 11.3 Å². The summed E-state index contributed by atoms with van der Waals surface area (Å²) < 4.78 is 7.73. The highest BCUT2D eigenvalue weighted by Crippen LogP contribution is 2.34. The van der Waals surface area contributed by atoms with Gasteiger partial charge in [0.15, 0.2) is 6.20 Å². The first-order chi connectivity index (χ1) is 16.2. The Morgan fingerprint density at radius 2 is 1.82 bits per heavy atom. The molecule has 0 N–H and O–H groups in total. The highest BCUT2D eigenvalue weighted by Gasteiger charge is 2.20. The zero-order chi connectivity index (χ0) is 24.0. The Hall–Kier alpha value is -3.59. The van der Waals surface area contributed by atoms with E-state index in [2.05, 4.69) is 89.9 Å². The van der Waals surface area contributed by atoms with E-state index in [9.17, 15) is 0 Å². The smallest absolute Gasteiger partial charge is 0.217 e. The molecule has 34 heavy (non-hydrogen) atoms. The Labute approximate surface area is 201 Å². The number of furan rings is 1. The molecule has 172 valence electrons. The van der Waals surface area contributed by atoms with Gasteiger partial charge in [0, 0.05) is 22.9 Å². The van der Waals surface area contributed by atoms with Gasteiger partial charge in [0.05, 0.1) is 6.26 Å². The summed E-state index contributed by atoms with van der Waals surface area (Å²) in [6.07, 6.45) is 6.74. The maximum Gasteiger partial charge on any atom is 0.217 e. The van der Waals surface area contributed by atoms with Gasteiger partial charge in [0.2, 0.25) is 5.69 Å². The predicted molar refractivity (Wildman–Crippen MR) is 141 cm³/mol.